The Morgan fingerprint density at radius 1 is 1.19 bits per heavy atom. The minimum absolute atomic E-state index is 0.0875. The molecule has 1 aromatic heterocycles. The van der Waals surface area contributed by atoms with Gasteiger partial charge in [0.05, 0.1) is 18.9 Å². The molecule has 0 atom stereocenters. The summed E-state index contributed by atoms with van der Waals surface area (Å²) in [6.07, 6.45) is 1.65. The molecule has 9 heteroatoms. The number of rotatable bonds is 4. The third-order valence-electron chi connectivity index (χ3n) is 5.81. The van der Waals surface area contributed by atoms with Gasteiger partial charge in [0.25, 0.3) is 11.8 Å². The minimum atomic E-state index is -0.466. The van der Waals surface area contributed by atoms with Crippen LogP contribution in [-0.2, 0) is 14.3 Å². The predicted molar refractivity (Wildman–Crippen MR) is 132 cm³/mol. The lowest BCUT2D eigenvalue weighted by Gasteiger charge is -2.30. The fourth-order valence-corrected chi connectivity index (χ4v) is 5.09. The fourth-order valence-electron chi connectivity index (χ4n) is 4.16. The van der Waals surface area contributed by atoms with E-state index in [1.807, 2.05) is 26.8 Å². The lowest BCUT2D eigenvalue weighted by Crippen LogP contribution is -2.53. The molecule has 3 heterocycles. The van der Waals surface area contributed by atoms with Gasteiger partial charge in [0.1, 0.15) is 5.57 Å². The number of hydrogen-bond acceptors (Lipinski definition) is 5. The Bertz CT molecular complexity index is 1130. The summed E-state index contributed by atoms with van der Waals surface area (Å²) in [7, 11) is 0. The van der Waals surface area contributed by atoms with E-state index in [-0.39, 0.29) is 16.6 Å². The Labute approximate surface area is 201 Å². The van der Waals surface area contributed by atoms with Crippen LogP contribution in [0.15, 0.2) is 34.3 Å². The van der Waals surface area contributed by atoms with Gasteiger partial charge in [-0.1, -0.05) is 0 Å². The van der Waals surface area contributed by atoms with E-state index in [0.717, 1.165) is 59.1 Å². The maximum atomic E-state index is 12.8. The molecule has 0 spiro atoms. The van der Waals surface area contributed by atoms with E-state index >= 15 is 0 Å². The standard InChI is InChI=1S/C23H25BrN4O3S/c1-4-27-22(30)18(21(29)25-23(27)32)12-16-11-14(2)28(15(16)3)17-5-6-20(19(24)13-17)26-7-9-31-10-8-26/h5-6,11-13H,4,7-10H2,1-3H3,(H,25,29,32)/b18-12+. The molecule has 0 unspecified atom stereocenters. The van der Waals surface area contributed by atoms with Gasteiger partial charge in [0, 0.05) is 41.2 Å². The second kappa shape index (κ2) is 9.17. The molecule has 2 aliphatic rings. The summed E-state index contributed by atoms with van der Waals surface area (Å²) in [5.41, 5.74) is 5.00. The first-order valence-electron chi connectivity index (χ1n) is 10.5. The van der Waals surface area contributed by atoms with Gasteiger partial charge >= 0.3 is 0 Å². The average Bonchev–Trinajstić information content (AvgIpc) is 3.04. The van der Waals surface area contributed by atoms with Crippen LogP contribution in [0.1, 0.15) is 23.9 Å². The number of nitrogens with zero attached hydrogens (tertiary/aromatic N) is 3. The van der Waals surface area contributed by atoms with Crippen molar-refractivity contribution in [3.8, 4) is 5.69 Å². The third-order valence-corrected chi connectivity index (χ3v) is 6.77. The van der Waals surface area contributed by atoms with E-state index in [0.29, 0.717) is 6.54 Å². The van der Waals surface area contributed by atoms with Crippen LogP contribution in [0, 0.1) is 13.8 Å². The first-order valence-corrected chi connectivity index (χ1v) is 11.7. The molecule has 2 aliphatic heterocycles. The number of thiocarbonyl (C=S) groups is 1. The lowest BCUT2D eigenvalue weighted by atomic mass is 10.1. The predicted octanol–water partition coefficient (Wildman–Crippen LogP) is 3.34. The Hall–Kier alpha value is -2.49. The molecule has 32 heavy (non-hydrogen) atoms. The van der Waals surface area contributed by atoms with Crippen LogP contribution in [0.25, 0.3) is 11.8 Å². The Morgan fingerprint density at radius 2 is 1.91 bits per heavy atom. The van der Waals surface area contributed by atoms with Gasteiger partial charge in [-0.3, -0.25) is 19.8 Å². The summed E-state index contributed by atoms with van der Waals surface area (Å²) in [4.78, 5) is 28.9. The number of morpholine rings is 1. The number of carbonyl (C=O) groups excluding carboxylic acids is 2. The number of likely N-dealkylation sites (N-methyl/N-ethyl adjacent to an activating group) is 1. The number of carbonyl (C=O) groups is 2. The summed E-state index contributed by atoms with van der Waals surface area (Å²) in [5.74, 6) is -0.837. The largest absolute Gasteiger partial charge is 0.378 e. The fraction of sp³-hybridized carbons (Fsp3) is 0.348. The van der Waals surface area contributed by atoms with Gasteiger partial charge in [-0.2, -0.15) is 0 Å². The van der Waals surface area contributed by atoms with E-state index in [1.165, 1.54) is 4.90 Å². The molecule has 168 valence electrons. The molecule has 0 bridgehead atoms. The van der Waals surface area contributed by atoms with Crippen molar-refractivity contribution in [2.45, 2.75) is 20.8 Å². The number of halogens is 1. The number of ether oxygens (including phenoxy) is 1. The van der Waals surface area contributed by atoms with Crippen molar-refractivity contribution in [3.63, 3.8) is 0 Å². The number of aryl methyl sites for hydroxylation is 1. The van der Waals surface area contributed by atoms with E-state index in [9.17, 15) is 9.59 Å². The Morgan fingerprint density at radius 3 is 2.56 bits per heavy atom. The molecular formula is C23H25BrN4O3S. The van der Waals surface area contributed by atoms with Crippen molar-refractivity contribution in [3.05, 3.63) is 51.3 Å². The van der Waals surface area contributed by atoms with Crippen molar-refractivity contribution < 1.29 is 14.3 Å². The maximum absolute atomic E-state index is 12.8. The number of benzene rings is 1. The molecule has 0 aliphatic carbocycles. The number of hydrogen-bond donors (Lipinski definition) is 1. The van der Waals surface area contributed by atoms with Crippen molar-refractivity contribution in [2.75, 3.05) is 37.7 Å². The maximum Gasteiger partial charge on any atom is 0.265 e. The van der Waals surface area contributed by atoms with Crippen molar-refractivity contribution in [2.24, 2.45) is 0 Å². The molecule has 4 rings (SSSR count). The smallest absolute Gasteiger partial charge is 0.265 e. The highest BCUT2D eigenvalue weighted by atomic mass is 79.9. The first kappa shape index (κ1) is 22.7. The molecule has 1 aromatic carbocycles. The second-order valence-electron chi connectivity index (χ2n) is 7.76. The van der Waals surface area contributed by atoms with Gasteiger partial charge < -0.3 is 14.2 Å². The quantitative estimate of drug-likeness (QED) is 0.383. The second-order valence-corrected chi connectivity index (χ2v) is 9.00. The summed E-state index contributed by atoms with van der Waals surface area (Å²) in [5, 5.41) is 2.75. The lowest BCUT2D eigenvalue weighted by molar-refractivity contribution is -0.128. The molecular weight excluding hydrogens is 492 g/mol. The van der Waals surface area contributed by atoms with Crippen LogP contribution in [-0.4, -0.2) is 59.2 Å². The topological polar surface area (TPSA) is 66.8 Å². The van der Waals surface area contributed by atoms with Gasteiger partial charge in [0.2, 0.25) is 0 Å². The molecule has 7 nitrogen and oxygen atoms in total. The van der Waals surface area contributed by atoms with Crippen LogP contribution in [0.2, 0.25) is 0 Å². The molecule has 0 radical (unpaired) electrons. The number of anilines is 1. The van der Waals surface area contributed by atoms with Crippen LogP contribution in [0.4, 0.5) is 5.69 Å². The van der Waals surface area contributed by atoms with Crippen molar-refractivity contribution in [1.82, 2.24) is 14.8 Å². The average molecular weight is 517 g/mol. The Kier molecular flexibility index (Phi) is 6.50. The summed E-state index contributed by atoms with van der Waals surface area (Å²) in [6, 6.07) is 8.27. The highest BCUT2D eigenvalue weighted by molar-refractivity contribution is 9.10. The van der Waals surface area contributed by atoms with Crippen LogP contribution in [0.3, 0.4) is 0 Å². The monoisotopic (exact) mass is 516 g/mol. The highest BCUT2D eigenvalue weighted by Gasteiger charge is 2.32. The summed E-state index contributed by atoms with van der Waals surface area (Å²) >= 11 is 8.84. The first-order chi connectivity index (χ1) is 15.3. The number of nitrogens with one attached hydrogen (secondary N) is 1. The molecule has 2 fully saturated rings. The zero-order chi connectivity index (χ0) is 23.0. The third kappa shape index (κ3) is 4.12. The molecule has 2 amide bonds. The normalized spacial score (nSPS) is 18.5. The zero-order valence-electron chi connectivity index (χ0n) is 18.3. The van der Waals surface area contributed by atoms with E-state index in [4.69, 9.17) is 17.0 Å². The zero-order valence-corrected chi connectivity index (χ0v) is 20.7. The molecule has 2 aromatic rings. The van der Waals surface area contributed by atoms with Crippen LogP contribution < -0.4 is 10.2 Å². The van der Waals surface area contributed by atoms with Crippen molar-refractivity contribution >= 4 is 56.8 Å². The summed E-state index contributed by atoms with van der Waals surface area (Å²) < 4.78 is 8.59. The van der Waals surface area contributed by atoms with E-state index in [2.05, 4.69) is 48.9 Å². The minimum Gasteiger partial charge on any atom is -0.378 e. The van der Waals surface area contributed by atoms with Gasteiger partial charge in [-0.05, 0) is 84.8 Å². The molecule has 1 N–H and O–H groups in total. The molecule has 2 saturated heterocycles. The molecule has 0 saturated carbocycles. The number of aromatic nitrogens is 1. The number of amides is 2. The summed E-state index contributed by atoms with van der Waals surface area (Å²) in [6.45, 7) is 9.41. The van der Waals surface area contributed by atoms with E-state index in [1.54, 1.807) is 6.08 Å². The SMILES string of the molecule is CCN1C(=O)/C(=C/c2cc(C)n(-c3ccc(N4CCOCC4)c(Br)c3)c2C)C(=O)NC1=S. The van der Waals surface area contributed by atoms with Gasteiger partial charge in [0.15, 0.2) is 5.11 Å². The van der Waals surface area contributed by atoms with Gasteiger partial charge in [-0.25, -0.2) is 0 Å². The van der Waals surface area contributed by atoms with Gasteiger partial charge in [-0.15, -0.1) is 0 Å². The van der Waals surface area contributed by atoms with Crippen LogP contribution >= 0.6 is 28.1 Å². The highest BCUT2D eigenvalue weighted by Crippen LogP contribution is 2.31. The van der Waals surface area contributed by atoms with E-state index < -0.39 is 5.91 Å². The Balaban J connectivity index is 1.69. The van der Waals surface area contributed by atoms with Crippen molar-refractivity contribution in [1.29, 1.82) is 0 Å². The van der Waals surface area contributed by atoms with Crippen LogP contribution in [0.5, 0.6) is 0 Å².